The van der Waals surface area contributed by atoms with Crippen LogP contribution in [0.5, 0.6) is 0 Å². The molecule has 0 saturated carbocycles. The van der Waals surface area contributed by atoms with Crippen molar-refractivity contribution in [2.45, 2.75) is 31.7 Å². The number of likely N-dealkylation sites (tertiary alicyclic amines) is 1. The second kappa shape index (κ2) is 6.30. The Labute approximate surface area is 129 Å². The molecule has 1 aromatic heterocycles. The highest BCUT2D eigenvalue weighted by molar-refractivity contribution is 5.94. The van der Waals surface area contributed by atoms with Gasteiger partial charge in [-0.2, -0.15) is 5.10 Å². The van der Waals surface area contributed by atoms with E-state index in [9.17, 15) is 9.18 Å². The Morgan fingerprint density at radius 1 is 1.27 bits per heavy atom. The first-order valence-corrected chi connectivity index (χ1v) is 7.71. The van der Waals surface area contributed by atoms with Crippen LogP contribution >= 0.6 is 0 Å². The zero-order chi connectivity index (χ0) is 15.5. The van der Waals surface area contributed by atoms with Gasteiger partial charge in [-0.3, -0.25) is 9.48 Å². The molecule has 3 rings (SSSR count). The molecule has 1 atom stereocenters. The molecule has 116 valence electrons. The lowest BCUT2D eigenvalue weighted by molar-refractivity contribution is 0.0676. The van der Waals surface area contributed by atoms with Gasteiger partial charge in [0.15, 0.2) is 0 Å². The highest BCUT2D eigenvalue weighted by atomic mass is 19.1. The van der Waals surface area contributed by atoms with Gasteiger partial charge in [-0.1, -0.05) is 18.9 Å². The molecule has 1 fully saturated rings. The zero-order valence-corrected chi connectivity index (χ0v) is 12.7. The molecular formula is C17H20FN3O. The third-order valence-corrected chi connectivity index (χ3v) is 4.16. The van der Waals surface area contributed by atoms with Crippen LogP contribution in [0.1, 0.15) is 47.8 Å². The molecule has 0 aliphatic carbocycles. The summed E-state index contributed by atoms with van der Waals surface area (Å²) in [4.78, 5) is 14.7. The van der Waals surface area contributed by atoms with Crippen LogP contribution in [0.4, 0.5) is 4.39 Å². The van der Waals surface area contributed by atoms with Gasteiger partial charge in [0, 0.05) is 25.4 Å². The number of aromatic nitrogens is 2. The van der Waals surface area contributed by atoms with Crippen LogP contribution in [-0.4, -0.2) is 27.1 Å². The van der Waals surface area contributed by atoms with Crippen molar-refractivity contribution in [1.29, 1.82) is 0 Å². The number of hydrogen-bond acceptors (Lipinski definition) is 2. The van der Waals surface area contributed by atoms with E-state index in [-0.39, 0.29) is 17.8 Å². The highest BCUT2D eigenvalue weighted by Gasteiger charge is 2.29. The molecule has 5 heteroatoms. The predicted octanol–water partition coefficient (Wildman–Crippen LogP) is 3.32. The van der Waals surface area contributed by atoms with E-state index < -0.39 is 0 Å². The number of halogens is 1. The van der Waals surface area contributed by atoms with Crippen LogP contribution in [0.3, 0.4) is 0 Å². The van der Waals surface area contributed by atoms with E-state index in [1.54, 1.807) is 16.8 Å². The van der Waals surface area contributed by atoms with Gasteiger partial charge in [-0.05, 0) is 37.1 Å². The Balaban J connectivity index is 1.91. The van der Waals surface area contributed by atoms with Crippen LogP contribution in [0, 0.1) is 5.82 Å². The summed E-state index contributed by atoms with van der Waals surface area (Å²) < 4.78 is 15.2. The van der Waals surface area contributed by atoms with E-state index in [1.165, 1.54) is 12.1 Å². The van der Waals surface area contributed by atoms with Crippen molar-refractivity contribution in [1.82, 2.24) is 14.7 Å². The number of nitrogens with zero attached hydrogens (tertiary/aromatic N) is 3. The van der Waals surface area contributed by atoms with Crippen molar-refractivity contribution in [3.8, 4) is 0 Å². The van der Waals surface area contributed by atoms with Crippen molar-refractivity contribution in [3.63, 3.8) is 0 Å². The van der Waals surface area contributed by atoms with E-state index in [4.69, 9.17) is 0 Å². The van der Waals surface area contributed by atoms with Crippen LogP contribution < -0.4 is 0 Å². The Hall–Kier alpha value is -2.17. The molecule has 22 heavy (non-hydrogen) atoms. The van der Waals surface area contributed by atoms with Crippen molar-refractivity contribution < 1.29 is 9.18 Å². The lowest BCUT2D eigenvalue weighted by atomic mass is 10.1. The number of rotatable bonds is 2. The zero-order valence-electron chi connectivity index (χ0n) is 12.7. The number of hydrogen-bond donors (Lipinski definition) is 0. The minimum atomic E-state index is -0.380. The van der Waals surface area contributed by atoms with Crippen molar-refractivity contribution in [3.05, 3.63) is 53.6 Å². The number of carbonyl (C=O) groups excluding carboxylic acids is 1. The fraction of sp³-hybridized carbons (Fsp3) is 0.412. The Bertz CT molecular complexity index is 667. The van der Waals surface area contributed by atoms with Gasteiger partial charge in [0.25, 0.3) is 5.91 Å². The molecule has 0 radical (unpaired) electrons. The largest absolute Gasteiger partial charge is 0.330 e. The minimum absolute atomic E-state index is 0.0283. The predicted molar refractivity (Wildman–Crippen MR) is 81.9 cm³/mol. The van der Waals surface area contributed by atoms with Crippen LogP contribution in [0.15, 0.2) is 36.5 Å². The third kappa shape index (κ3) is 3.03. The monoisotopic (exact) mass is 301 g/mol. The molecule has 0 N–H and O–H groups in total. The number of aryl methyl sites for hydroxylation is 1. The molecule has 1 saturated heterocycles. The summed E-state index contributed by atoms with van der Waals surface area (Å²) in [5.74, 6) is -0.493. The van der Waals surface area contributed by atoms with Gasteiger partial charge < -0.3 is 4.90 Å². The Morgan fingerprint density at radius 2 is 2.14 bits per heavy atom. The topological polar surface area (TPSA) is 38.1 Å². The molecule has 1 aliphatic rings. The quantitative estimate of drug-likeness (QED) is 0.853. The van der Waals surface area contributed by atoms with Gasteiger partial charge in [0.1, 0.15) is 5.82 Å². The first-order chi connectivity index (χ1) is 10.6. The average molecular weight is 301 g/mol. The fourth-order valence-electron chi connectivity index (χ4n) is 3.06. The van der Waals surface area contributed by atoms with Crippen LogP contribution in [0.25, 0.3) is 0 Å². The molecule has 1 amide bonds. The van der Waals surface area contributed by atoms with Crippen LogP contribution in [-0.2, 0) is 7.05 Å². The molecule has 1 unspecified atom stereocenters. The summed E-state index contributed by atoms with van der Waals surface area (Å²) >= 11 is 0. The first-order valence-electron chi connectivity index (χ1n) is 7.71. The van der Waals surface area contributed by atoms with Gasteiger partial charge in [0.05, 0.1) is 11.7 Å². The maximum Gasteiger partial charge on any atom is 0.254 e. The van der Waals surface area contributed by atoms with E-state index in [1.807, 2.05) is 24.2 Å². The van der Waals surface area contributed by atoms with Gasteiger partial charge >= 0.3 is 0 Å². The Morgan fingerprint density at radius 3 is 2.86 bits per heavy atom. The third-order valence-electron chi connectivity index (χ3n) is 4.16. The molecule has 2 aromatic rings. The minimum Gasteiger partial charge on any atom is -0.330 e. The number of carbonyl (C=O) groups is 1. The number of amides is 1. The van der Waals surface area contributed by atoms with Gasteiger partial charge in [0.2, 0.25) is 0 Å². The molecular weight excluding hydrogens is 281 g/mol. The van der Waals surface area contributed by atoms with E-state index in [0.29, 0.717) is 12.1 Å². The second-order valence-corrected chi connectivity index (χ2v) is 5.79. The maximum atomic E-state index is 13.4. The standard InChI is InChI=1S/C17H20FN3O/c1-20-11-9-15(19-20)16-8-3-2-4-10-21(16)17(22)13-6-5-7-14(18)12-13/h5-7,9,11-12,16H,2-4,8,10H2,1H3. The highest BCUT2D eigenvalue weighted by Crippen LogP contribution is 2.30. The summed E-state index contributed by atoms with van der Waals surface area (Å²) in [7, 11) is 1.87. The normalized spacial score (nSPS) is 19.0. The molecule has 2 heterocycles. The summed E-state index contributed by atoms with van der Waals surface area (Å²) in [5, 5.41) is 4.47. The van der Waals surface area contributed by atoms with E-state index in [0.717, 1.165) is 31.4 Å². The van der Waals surface area contributed by atoms with Gasteiger partial charge in [-0.25, -0.2) is 4.39 Å². The lowest BCUT2D eigenvalue weighted by Gasteiger charge is -2.29. The van der Waals surface area contributed by atoms with Crippen molar-refractivity contribution in [2.75, 3.05) is 6.54 Å². The maximum absolute atomic E-state index is 13.4. The van der Waals surface area contributed by atoms with Crippen molar-refractivity contribution in [2.24, 2.45) is 7.05 Å². The smallest absolute Gasteiger partial charge is 0.254 e. The summed E-state index contributed by atoms with van der Waals surface area (Å²) in [5.41, 5.74) is 1.32. The molecule has 1 aliphatic heterocycles. The molecule has 1 aromatic carbocycles. The second-order valence-electron chi connectivity index (χ2n) is 5.79. The number of benzene rings is 1. The Kier molecular flexibility index (Phi) is 4.22. The molecule has 4 nitrogen and oxygen atoms in total. The summed E-state index contributed by atoms with van der Waals surface area (Å²) in [6, 6.07) is 7.85. The van der Waals surface area contributed by atoms with E-state index in [2.05, 4.69) is 5.10 Å². The first kappa shape index (κ1) is 14.8. The van der Waals surface area contributed by atoms with Crippen LogP contribution in [0.2, 0.25) is 0 Å². The summed E-state index contributed by atoms with van der Waals surface area (Å²) in [6.45, 7) is 0.691. The SMILES string of the molecule is Cn1ccc(C2CCCCCN2C(=O)c2cccc(F)c2)n1. The van der Waals surface area contributed by atoms with Crippen molar-refractivity contribution >= 4 is 5.91 Å². The lowest BCUT2D eigenvalue weighted by Crippen LogP contribution is -2.35. The average Bonchev–Trinajstić information content (AvgIpc) is 2.80. The summed E-state index contributed by atoms with van der Waals surface area (Å²) in [6.07, 6.45) is 5.96. The molecule has 0 bridgehead atoms. The fourth-order valence-corrected chi connectivity index (χ4v) is 3.06. The molecule has 0 spiro atoms. The van der Waals surface area contributed by atoms with Gasteiger partial charge in [-0.15, -0.1) is 0 Å². The van der Waals surface area contributed by atoms with E-state index >= 15 is 0 Å².